The van der Waals surface area contributed by atoms with Crippen molar-refractivity contribution in [2.45, 2.75) is 45.6 Å². The molecule has 1 heterocycles. The van der Waals surface area contributed by atoms with E-state index >= 15 is 0 Å². The fourth-order valence-electron chi connectivity index (χ4n) is 1.53. The van der Waals surface area contributed by atoms with Crippen molar-refractivity contribution in [1.29, 1.82) is 0 Å². The van der Waals surface area contributed by atoms with Gasteiger partial charge in [0.05, 0.1) is 0 Å². The number of hydrogen-bond donors (Lipinski definition) is 1. The van der Waals surface area contributed by atoms with Crippen molar-refractivity contribution in [2.24, 2.45) is 0 Å². The van der Waals surface area contributed by atoms with Crippen LogP contribution in [0.3, 0.4) is 0 Å². The number of hydrogen-bond acceptors (Lipinski definition) is 2. The Labute approximate surface area is 105 Å². The monoisotopic (exact) mass is 288 g/mol. The SMILES string of the molecule is CCCCCC(C)Nc1ncc(Br)cc1F. The molecule has 0 fully saturated rings. The van der Waals surface area contributed by atoms with Gasteiger partial charge in [0.25, 0.3) is 0 Å². The number of pyridine rings is 1. The largest absolute Gasteiger partial charge is 0.365 e. The number of nitrogens with one attached hydrogen (secondary N) is 1. The Balaban J connectivity index is 2.46. The number of halogens is 2. The van der Waals surface area contributed by atoms with E-state index in [1.807, 2.05) is 0 Å². The quantitative estimate of drug-likeness (QED) is 0.787. The van der Waals surface area contributed by atoms with Gasteiger partial charge in [-0.2, -0.15) is 0 Å². The minimum absolute atomic E-state index is 0.259. The first-order valence-electron chi connectivity index (χ1n) is 5.71. The van der Waals surface area contributed by atoms with Crippen molar-refractivity contribution < 1.29 is 4.39 Å². The van der Waals surface area contributed by atoms with Gasteiger partial charge in [0.15, 0.2) is 11.6 Å². The van der Waals surface area contributed by atoms with Crippen molar-refractivity contribution in [2.75, 3.05) is 5.32 Å². The first-order valence-corrected chi connectivity index (χ1v) is 6.50. The number of unbranched alkanes of at least 4 members (excludes halogenated alkanes) is 2. The molecule has 4 heteroatoms. The smallest absolute Gasteiger partial charge is 0.166 e. The van der Waals surface area contributed by atoms with Crippen LogP contribution < -0.4 is 5.32 Å². The van der Waals surface area contributed by atoms with Crippen LogP contribution in [-0.4, -0.2) is 11.0 Å². The lowest BCUT2D eigenvalue weighted by Crippen LogP contribution is -2.16. The first kappa shape index (κ1) is 13.4. The molecule has 1 aromatic rings. The molecule has 2 nitrogen and oxygen atoms in total. The number of rotatable bonds is 6. The second kappa shape index (κ2) is 6.84. The van der Waals surface area contributed by atoms with Crippen molar-refractivity contribution in [3.05, 3.63) is 22.6 Å². The minimum atomic E-state index is -0.309. The van der Waals surface area contributed by atoms with Crippen molar-refractivity contribution in [1.82, 2.24) is 4.98 Å². The minimum Gasteiger partial charge on any atom is -0.365 e. The van der Waals surface area contributed by atoms with Crippen molar-refractivity contribution >= 4 is 21.7 Å². The first-order chi connectivity index (χ1) is 7.63. The predicted octanol–water partition coefficient (Wildman–Crippen LogP) is 4.36. The Morgan fingerprint density at radius 2 is 2.25 bits per heavy atom. The van der Waals surface area contributed by atoms with E-state index in [0.29, 0.717) is 10.3 Å². The summed E-state index contributed by atoms with van der Waals surface area (Å²) in [6.45, 7) is 4.23. The van der Waals surface area contributed by atoms with Gasteiger partial charge in [-0.25, -0.2) is 9.37 Å². The Bertz CT molecular complexity index is 331. The maximum atomic E-state index is 13.4. The highest BCUT2D eigenvalue weighted by Gasteiger charge is 2.07. The van der Waals surface area contributed by atoms with Gasteiger partial charge in [-0.15, -0.1) is 0 Å². The van der Waals surface area contributed by atoms with Gasteiger partial charge < -0.3 is 5.32 Å². The van der Waals surface area contributed by atoms with E-state index in [-0.39, 0.29) is 11.9 Å². The summed E-state index contributed by atoms with van der Waals surface area (Å²) >= 11 is 3.18. The van der Waals surface area contributed by atoms with Crippen LogP contribution in [0.1, 0.15) is 39.5 Å². The topological polar surface area (TPSA) is 24.9 Å². The van der Waals surface area contributed by atoms with Gasteiger partial charge in [-0.3, -0.25) is 0 Å². The molecule has 1 rings (SSSR count). The van der Waals surface area contributed by atoms with Crippen LogP contribution in [0.2, 0.25) is 0 Å². The van der Waals surface area contributed by atoms with E-state index < -0.39 is 0 Å². The molecule has 0 spiro atoms. The fraction of sp³-hybridized carbons (Fsp3) is 0.583. The molecule has 0 aliphatic heterocycles. The van der Waals surface area contributed by atoms with Gasteiger partial charge in [-0.1, -0.05) is 26.2 Å². The van der Waals surface area contributed by atoms with E-state index in [1.54, 1.807) is 6.20 Å². The zero-order valence-corrected chi connectivity index (χ0v) is 11.3. The lowest BCUT2D eigenvalue weighted by molar-refractivity contribution is 0.594. The average Bonchev–Trinajstić information content (AvgIpc) is 2.23. The number of nitrogens with zero attached hydrogens (tertiary/aromatic N) is 1. The van der Waals surface area contributed by atoms with E-state index in [0.717, 1.165) is 6.42 Å². The van der Waals surface area contributed by atoms with Crippen LogP contribution in [0.5, 0.6) is 0 Å². The van der Waals surface area contributed by atoms with Gasteiger partial charge >= 0.3 is 0 Å². The molecule has 1 unspecified atom stereocenters. The third kappa shape index (κ3) is 4.47. The molecule has 16 heavy (non-hydrogen) atoms. The molecule has 0 amide bonds. The van der Waals surface area contributed by atoms with E-state index in [1.165, 1.54) is 25.3 Å². The molecule has 1 N–H and O–H groups in total. The van der Waals surface area contributed by atoms with E-state index in [9.17, 15) is 4.39 Å². The number of anilines is 1. The van der Waals surface area contributed by atoms with Crippen molar-refractivity contribution in [3.63, 3.8) is 0 Å². The molecule has 0 radical (unpaired) electrons. The molecular weight excluding hydrogens is 271 g/mol. The highest BCUT2D eigenvalue weighted by Crippen LogP contribution is 2.17. The molecule has 0 aliphatic carbocycles. The Kier molecular flexibility index (Phi) is 5.74. The molecule has 1 atom stereocenters. The summed E-state index contributed by atoms with van der Waals surface area (Å²) < 4.78 is 14.1. The van der Waals surface area contributed by atoms with Gasteiger partial charge in [0, 0.05) is 16.7 Å². The van der Waals surface area contributed by atoms with Crippen LogP contribution in [0.25, 0.3) is 0 Å². The normalized spacial score (nSPS) is 12.5. The zero-order chi connectivity index (χ0) is 12.0. The van der Waals surface area contributed by atoms with Crippen molar-refractivity contribution in [3.8, 4) is 0 Å². The lowest BCUT2D eigenvalue weighted by atomic mass is 10.1. The molecule has 0 aromatic carbocycles. The summed E-state index contributed by atoms with van der Waals surface area (Å²) in [6.07, 6.45) is 6.25. The molecule has 0 saturated carbocycles. The summed E-state index contributed by atoms with van der Waals surface area (Å²) in [5, 5.41) is 3.09. The third-order valence-electron chi connectivity index (χ3n) is 2.43. The van der Waals surface area contributed by atoms with E-state index in [2.05, 4.69) is 40.1 Å². The molecule has 0 bridgehead atoms. The third-order valence-corrected chi connectivity index (χ3v) is 2.87. The van der Waals surface area contributed by atoms with E-state index in [4.69, 9.17) is 0 Å². The average molecular weight is 289 g/mol. The van der Waals surface area contributed by atoms with Crippen LogP contribution in [-0.2, 0) is 0 Å². The van der Waals surface area contributed by atoms with Gasteiger partial charge in [-0.05, 0) is 35.3 Å². The Morgan fingerprint density at radius 3 is 2.88 bits per heavy atom. The zero-order valence-electron chi connectivity index (χ0n) is 9.76. The summed E-state index contributed by atoms with van der Waals surface area (Å²) in [6, 6.07) is 1.68. The Hall–Kier alpha value is -0.640. The van der Waals surface area contributed by atoms with Crippen LogP contribution in [0.15, 0.2) is 16.7 Å². The van der Waals surface area contributed by atoms with Gasteiger partial charge in [0.2, 0.25) is 0 Å². The highest BCUT2D eigenvalue weighted by atomic mass is 79.9. The second-order valence-electron chi connectivity index (χ2n) is 4.03. The molecule has 90 valence electrons. The van der Waals surface area contributed by atoms with Crippen LogP contribution >= 0.6 is 15.9 Å². The van der Waals surface area contributed by atoms with Gasteiger partial charge in [0.1, 0.15) is 0 Å². The predicted molar refractivity (Wildman–Crippen MR) is 69.1 cm³/mol. The standard InChI is InChI=1S/C12H18BrFN2/c1-3-4-5-6-9(2)16-12-11(14)7-10(13)8-15-12/h7-9H,3-6H2,1-2H3,(H,15,16). The molecule has 0 saturated heterocycles. The summed E-state index contributed by atoms with van der Waals surface area (Å²) in [4.78, 5) is 4.01. The summed E-state index contributed by atoms with van der Waals surface area (Å²) in [5.41, 5.74) is 0. The van der Waals surface area contributed by atoms with Crippen LogP contribution in [0.4, 0.5) is 10.2 Å². The maximum Gasteiger partial charge on any atom is 0.166 e. The summed E-state index contributed by atoms with van der Waals surface area (Å²) in [7, 11) is 0. The molecular formula is C12H18BrFN2. The second-order valence-corrected chi connectivity index (χ2v) is 4.94. The number of aromatic nitrogens is 1. The summed E-state index contributed by atoms with van der Waals surface area (Å²) in [5.74, 6) is 0.0314. The fourth-order valence-corrected chi connectivity index (χ4v) is 1.83. The molecule has 0 aliphatic rings. The lowest BCUT2D eigenvalue weighted by Gasteiger charge is -2.14. The Morgan fingerprint density at radius 1 is 1.50 bits per heavy atom. The van der Waals surface area contributed by atoms with Crippen LogP contribution in [0, 0.1) is 5.82 Å². The highest BCUT2D eigenvalue weighted by molar-refractivity contribution is 9.10. The maximum absolute atomic E-state index is 13.4. The molecule has 1 aromatic heterocycles.